The molecule has 1 N–H and O–H groups in total. The molecule has 9 heteroatoms. The van der Waals surface area contributed by atoms with Gasteiger partial charge in [-0.1, -0.05) is 0 Å². The van der Waals surface area contributed by atoms with E-state index in [2.05, 4.69) is 20.8 Å². The minimum Gasteiger partial charge on any atom is -0.383 e. The molecule has 0 amide bonds. The number of hydrogen-bond donors (Lipinski definition) is 1. The summed E-state index contributed by atoms with van der Waals surface area (Å²) in [6, 6.07) is -0.199. The van der Waals surface area contributed by atoms with Crippen LogP contribution in [0.4, 0.5) is 0 Å². The summed E-state index contributed by atoms with van der Waals surface area (Å²) in [5.41, 5.74) is 0. The van der Waals surface area contributed by atoms with Crippen LogP contribution in [-0.2, 0) is 14.6 Å². The highest BCUT2D eigenvalue weighted by Crippen LogP contribution is 2.24. The Kier molecular flexibility index (Phi) is 4.48. The van der Waals surface area contributed by atoms with Gasteiger partial charge in [-0.25, -0.2) is 13.1 Å². The summed E-state index contributed by atoms with van der Waals surface area (Å²) in [5, 5.41) is 14.8. The molecule has 0 radical (unpaired) electrons. The van der Waals surface area contributed by atoms with Crippen molar-refractivity contribution in [2.24, 2.45) is 0 Å². The Morgan fingerprint density at radius 2 is 2.37 bits per heavy atom. The summed E-state index contributed by atoms with van der Waals surface area (Å²) < 4.78 is 29.6. The van der Waals surface area contributed by atoms with Crippen LogP contribution in [0, 0.1) is 0 Å². The van der Waals surface area contributed by atoms with Crippen LogP contribution in [0.25, 0.3) is 0 Å². The molecule has 1 aromatic rings. The Hall–Kier alpha value is -1.06. The third kappa shape index (κ3) is 3.48. The third-order valence-electron chi connectivity index (χ3n) is 3.22. The molecular weight excluding hydrogens is 270 g/mol. The van der Waals surface area contributed by atoms with Gasteiger partial charge >= 0.3 is 0 Å². The molecule has 0 spiro atoms. The van der Waals surface area contributed by atoms with E-state index in [1.165, 1.54) is 0 Å². The molecular formula is C10H19N5O3S. The number of hydrogen-bond acceptors (Lipinski definition) is 7. The second-order valence-electron chi connectivity index (χ2n) is 4.71. The largest absolute Gasteiger partial charge is 0.383 e. The van der Waals surface area contributed by atoms with Crippen molar-refractivity contribution in [3.8, 4) is 0 Å². The van der Waals surface area contributed by atoms with E-state index in [0.29, 0.717) is 25.4 Å². The van der Waals surface area contributed by atoms with E-state index in [0.717, 1.165) is 0 Å². The SMILES string of the molecule is COCCNC(C)c1nnnn1C1CCS(=O)(=O)C1. The lowest BCUT2D eigenvalue weighted by Crippen LogP contribution is -2.27. The Morgan fingerprint density at radius 3 is 3.00 bits per heavy atom. The van der Waals surface area contributed by atoms with Gasteiger partial charge in [0.15, 0.2) is 15.7 Å². The highest BCUT2D eigenvalue weighted by atomic mass is 32.2. The highest BCUT2D eigenvalue weighted by Gasteiger charge is 2.32. The predicted octanol–water partition coefficient (Wildman–Crippen LogP) is -0.670. The molecule has 1 fully saturated rings. The van der Waals surface area contributed by atoms with Crippen LogP contribution in [-0.4, -0.2) is 60.4 Å². The molecule has 1 aromatic heterocycles. The summed E-state index contributed by atoms with van der Waals surface area (Å²) in [4.78, 5) is 0. The molecule has 0 aromatic carbocycles. The van der Waals surface area contributed by atoms with Gasteiger partial charge in [0.2, 0.25) is 0 Å². The van der Waals surface area contributed by atoms with Crippen molar-refractivity contribution in [2.45, 2.75) is 25.4 Å². The number of methoxy groups -OCH3 is 1. The Morgan fingerprint density at radius 1 is 1.58 bits per heavy atom. The fraction of sp³-hybridized carbons (Fsp3) is 0.900. The zero-order valence-electron chi connectivity index (χ0n) is 11.1. The third-order valence-corrected chi connectivity index (χ3v) is 4.97. The smallest absolute Gasteiger partial charge is 0.168 e. The number of aromatic nitrogens is 4. The Balaban J connectivity index is 2.05. The lowest BCUT2D eigenvalue weighted by molar-refractivity contribution is 0.195. The molecule has 2 atom stereocenters. The second kappa shape index (κ2) is 5.93. The number of tetrazole rings is 1. The van der Waals surface area contributed by atoms with E-state index in [4.69, 9.17) is 4.74 Å². The van der Waals surface area contributed by atoms with Crippen LogP contribution < -0.4 is 5.32 Å². The standard InChI is InChI=1S/C10H19N5O3S/c1-8(11-4-5-18-2)10-12-13-14-15(10)9-3-6-19(16,17)7-9/h8-9,11H,3-7H2,1-2H3. The molecule has 0 saturated carbocycles. The first-order valence-corrected chi connectivity index (χ1v) is 8.06. The zero-order valence-corrected chi connectivity index (χ0v) is 11.9. The van der Waals surface area contributed by atoms with Gasteiger partial charge in [0.05, 0.1) is 30.2 Å². The molecule has 108 valence electrons. The van der Waals surface area contributed by atoms with Gasteiger partial charge in [0, 0.05) is 13.7 Å². The molecule has 0 bridgehead atoms. The lowest BCUT2D eigenvalue weighted by atomic mass is 10.2. The van der Waals surface area contributed by atoms with E-state index in [1.807, 2.05) is 6.92 Å². The van der Waals surface area contributed by atoms with Gasteiger partial charge in [-0.3, -0.25) is 0 Å². The number of nitrogens with one attached hydrogen (secondary N) is 1. The Bertz CT molecular complexity index is 515. The summed E-state index contributed by atoms with van der Waals surface area (Å²) in [7, 11) is -1.30. The molecule has 1 aliphatic rings. The van der Waals surface area contributed by atoms with Crippen LogP contribution in [0.2, 0.25) is 0 Å². The van der Waals surface area contributed by atoms with E-state index in [-0.39, 0.29) is 23.6 Å². The summed E-state index contributed by atoms with van der Waals surface area (Å²) in [6.45, 7) is 3.23. The number of ether oxygens (including phenoxy) is 1. The van der Waals surface area contributed by atoms with Crippen LogP contribution in [0.1, 0.15) is 31.3 Å². The molecule has 1 aliphatic heterocycles. The van der Waals surface area contributed by atoms with Crippen LogP contribution in [0.15, 0.2) is 0 Å². The average molecular weight is 289 g/mol. The van der Waals surface area contributed by atoms with Gasteiger partial charge in [-0.2, -0.15) is 0 Å². The van der Waals surface area contributed by atoms with Crippen molar-refractivity contribution in [1.29, 1.82) is 0 Å². The maximum absolute atomic E-state index is 11.5. The van der Waals surface area contributed by atoms with Gasteiger partial charge in [-0.05, 0) is 23.8 Å². The topological polar surface area (TPSA) is 99.0 Å². The molecule has 2 unspecified atom stereocenters. The maximum atomic E-state index is 11.5. The zero-order chi connectivity index (χ0) is 13.9. The summed E-state index contributed by atoms with van der Waals surface area (Å²) in [6.07, 6.45) is 0.575. The van der Waals surface area contributed by atoms with Crippen molar-refractivity contribution in [1.82, 2.24) is 25.5 Å². The number of rotatable bonds is 6. The Labute approximate surface area is 112 Å². The molecule has 19 heavy (non-hydrogen) atoms. The summed E-state index contributed by atoms with van der Waals surface area (Å²) >= 11 is 0. The van der Waals surface area contributed by atoms with Crippen LogP contribution >= 0.6 is 0 Å². The first-order valence-electron chi connectivity index (χ1n) is 6.24. The first-order chi connectivity index (χ1) is 9.03. The maximum Gasteiger partial charge on any atom is 0.168 e. The fourth-order valence-corrected chi connectivity index (χ4v) is 3.87. The van der Waals surface area contributed by atoms with E-state index in [9.17, 15) is 8.42 Å². The van der Waals surface area contributed by atoms with Crippen molar-refractivity contribution in [3.63, 3.8) is 0 Å². The molecule has 2 heterocycles. The fourth-order valence-electron chi connectivity index (χ4n) is 2.18. The van der Waals surface area contributed by atoms with E-state index >= 15 is 0 Å². The highest BCUT2D eigenvalue weighted by molar-refractivity contribution is 7.91. The van der Waals surface area contributed by atoms with E-state index in [1.54, 1.807) is 11.8 Å². The number of nitrogens with zero attached hydrogens (tertiary/aromatic N) is 4. The molecule has 8 nitrogen and oxygen atoms in total. The van der Waals surface area contributed by atoms with Crippen molar-refractivity contribution >= 4 is 9.84 Å². The monoisotopic (exact) mass is 289 g/mol. The van der Waals surface area contributed by atoms with Gasteiger partial charge in [-0.15, -0.1) is 5.10 Å². The van der Waals surface area contributed by atoms with Crippen LogP contribution in [0.3, 0.4) is 0 Å². The quantitative estimate of drug-likeness (QED) is 0.693. The minimum absolute atomic E-state index is 0.0477. The average Bonchev–Trinajstić information content (AvgIpc) is 2.95. The van der Waals surface area contributed by atoms with Crippen molar-refractivity contribution in [3.05, 3.63) is 5.82 Å². The molecule has 2 rings (SSSR count). The first kappa shape index (κ1) is 14.4. The molecule has 1 saturated heterocycles. The minimum atomic E-state index is -2.94. The molecule has 0 aliphatic carbocycles. The predicted molar refractivity (Wildman–Crippen MR) is 68.4 cm³/mol. The lowest BCUT2D eigenvalue weighted by Gasteiger charge is -2.16. The van der Waals surface area contributed by atoms with Gasteiger partial charge in [0.25, 0.3) is 0 Å². The van der Waals surface area contributed by atoms with Gasteiger partial charge in [0.1, 0.15) is 0 Å². The van der Waals surface area contributed by atoms with E-state index < -0.39 is 9.84 Å². The summed E-state index contributed by atoms with van der Waals surface area (Å²) in [5.74, 6) is 0.997. The van der Waals surface area contributed by atoms with Gasteiger partial charge < -0.3 is 10.1 Å². The second-order valence-corrected chi connectivity index (χ2v) is 6.94. The van der Waals surface area contributed by atoms with Crippen LogP contribution in [0.5, 0.6) is 0 Å². The normalized spacial score (nSPS) is 23.6. The van der Waals surface area contributed by atoms with Crippen molar-refractivity contribution < 1.29 is 13.2 Å². The van der Waals surface area contributed by atoms with Crippen molar-refractivity contribution in [2.75, 3.05) is 31.8 Å². The number of sulfone groups is 1.